The number of nitrogens with zero attached hydrogens (tertiary/aromatic N) is 1. The summed E-state index contributed by atoms with van der Waals surface area (Å²) in [7, 11) is 0. The van der Waals surface area contributed by atoms with Crippen LogP contribution in [0.1, 0.15) is 29.2 Å². The quantitative estimate of drug-likeness (QED) is 0.245. The number of aromatic nitrogens is 1. The number of nitrogens with one attached hydrogen (secondary N) is 2. The molecule has 1 aromatic heterocycles. The van der Waals surface area contributed by atoms with Crippen molar-refractivity contribution in [1.82, 2.24) is 4.98 Å². The molecular formula is C26H23N3O4S2. The zero-order valence-corrected chi connectivity index (χ0v) is 20.5. The highest BCUT2D eigenvalue weighted by Gasteiger charge is 2.23. The molecule has 1 atom stereocenters. The Balaban J connectivity index is 1.48. The highest BCUT2D eigenvalue weighted by Crippen LogP contribution is 2.37. The fourth-order valence-corrected chi connectivity index (χ4v) is 5.35. The second kappa shape index (κ2) is 11.2. The minimum absolute atomic E-state index is 0.0899. The summed E-state index contributed by atoms with van der Waals surface area (Å²) in [5.74, 6) is -1.55. The minimum atomic E-state index is -1.02. The molecule has 0 fully saturated rings. The fourth-order valence-electron chi connectivity index (χ4n) is 3.35. The number of fused-ring (bicyclic) bond motifs is 1. The lowest BCUT2D eigenvalue weighted by molar-refractivity contribution is -0.138. The first-order valence-electron chi connectivity index (χ1n) is 10.9. The van der Waals surface area contributed by atoms with Crippen LogP contribution in [0.3, 0.4) is 0 Å². The molecule has 35 heavy (non-hydrogen) atoms. The molecule has 0 saturated heterocycles. The number of carbonyl (C=O) groups is 3. The molecule has 0 bridgehead atoms. The number of thioether (sulfide) groups is 1. The summed E-state index contributed by atoms with van der Waals surface area (Å²) < 4.78 is 1.02. The molecule has 0 radical (unpaired) electrons. The van der Waals surface area contributed by atoms with Crippen molar-refractivity contribution in [1.29, 1.82) is 0 Å². The highest BCUT2D eigenvalue weighted by atomic mass is 32.2. The van der Waals surface area contributed by atoms with E-state index in [9.17, 15) is 14.4 Å². The number of anilines is 2. The summed E-state index contributed by atoms with van der Waals surface area (Å²) in [4.78, 5) is 41.2. The van der Waals surface area contributed by atoms with Gasteiger partial charge in [0.25, 0.3) is 0 Å². The number of thiazole rings is 1. The van der Waals surface area contributed by atoms with Gasteiger partial charge in [-0.2, -0.15) is 0 Å². The predicted molar refractivity (Wildman–Crippen MR) is 140 cm³/mol. The van der Waals surface area contributed by atoms with Crippen LogP contribution in [-0.2, 0) is 14.4 Å². The maximum Gasteiger partial charge on any atom is 0.303 e. The average molecular weight is 506 g/mol. The van der Waals surface area contributed by atoms with Crippen molar-refractivity contribution < 1.29 is 19.5 Å². The second-order valence-electron chi connectivity index (χ2n) is 7.85. The molecule has 4 aromatic rings. The van der Waals surface area contributed by atoms with Gasteiger partial charge in [0.15, 0.2) is 5.13 Å². The molecule has 1 heterocycles. The fraction of sp³-hybridized carbons (Fsp3) is 0.154. The third-order valence-electron chi connectivity index (χ3n) is 5.07. The molecule has 7 nitrogen and oxygen atoms in total. The third-order valence-corrected chi connectivity index (χ3v) is 7.27. The molecule has 0 saturated carbocycles. The van der Waals surface area contributed by atoms with E-state index in [2.05, 4.69) is 15.6 Å². The van der Waals surface area contributed by atoms with Crippen molar-refractivity contribution in [3.8, 4) is 0 Å². The molecular weight excluding hydrogens is 482 g/mol. The smallest absolute Gasteiger partial charge is 0.303 e. The number of amides is 2. The second-order valence-corrected chi connectivity index (χ2v) is 10.1. The summed E-state index contributed by atoms with van der Waals surface area (Å²) in [6.07, 6.45) is -0.310. The van der Waals surface area contributed by atoms with Crippen LogP contribution in [0.5, 0.6) is 0 Å². The highest BCUT2D eigenvalue weighted by molar-refractivity contribution is 8.00. The summed E-state index contributed by atoms with van der Waals surface area (Å²) in [6, 6.07) is 22.6. The molecule has 0 aliphatic heterocycles. The number of benzene rings is 3. The van der Waals surface area contributed by atoms with E-state index in [1.54, 1.807) is 12.1 Å². The summed E-state index contributed by atoms with van der Waals surface area (Å²) in [6.45, 7) is 2.02. The maximum absolute atomic E-state index is 13.3. The van der Waals surface area contributed by atoms with Crippen molar-refractivity contribution in [3.05, 3.63) is 83.9 Å². The summed E-state index contributed by atoms with van der Waals surface area (Å²) in [5, 5.41) is 14.4. The van der Waals surface area contributed by atoms with Crippen LogP contribution in [0.15, 0.2) is 77.7 Å². The van der Waals surface area contributed by atoms with Crippen LogP contribution in [0, 0.1) is 6.92 Å². The van der Waals surface area contributed by atoms with Crippen LogP contribution < -0.4 is 10.6 Å². The molecule has 4 rings (SSSR count). The number of aryl methyl sites for hydroxylation is 1. The average Bonchev–Trinajstić information content (AvgIpc) is 3.24. The van der Waals surface area contributed by atoms with Gasteiger partial charge in [-0.25, -0.2) is 4.98 Å². The normalized spacial score (nSPS) is 11.7. The van der Waals surface area contributed by atoms with Gasteiger partial charge in [0.2, 0.25) is 11.8 Å². The van der Waals surface area contributed by atoms with Crippen molar-refractivity contribution in [2.45, 2.75) is 29.9 Å². The van der Waals surface area contributed by atoms with Gasteiger partial charge in [-0.1, -0.05) is 47.7 Å². The summed E-state index contributed by atoms with van der Waals surface area (Å²) in [5.41, 5.74) is 3.41. The lowest BCUT2D eigenvalue weighted by Crippen LogP contribution is -2.18. The van der Waals surface area contributed by atoms with Gasteiger partial charge in [0, 0.05) is 17.0 Å². The van der Waals surface area contributed by atoms with Gasteiger partial charge in [-0.05, 0) is 54.4 Å². The molecule has 0 aliphatic carbocycles. The van der Waals surface area contributed by atoms with Gasteiger partial charge in [0.05, 0.1) is 16.6 Å². The molecule has 3 aromatic carbocycles. The van der Waals surface area contributed by atoms with Crippen LogP contribution in [0.4, 0.5) is 10.8 Å². The Hall–Kier alpha value is -3.69. The van der Waals surface area contributed by atoms with Crippen LogP contribution >= 0.6 is 23.1 Å². The molecule has 9 heteroatoms. The van der Waals surface area contributed by atoms with E-state index in [1.807, 2.05) is 67.6 Å². The molecule has 1 unspecified atom stereocenters. The van der Waals surface area contributed by atoms with E-state index in [4.69, 9.17) is 5.11 Å². The number of aliphatic carboxylic acids is 1. The van der Waals surface area contributed by atoms with E-state index in [1.165, 1.54) is 23.1 Å². The van der Waals surface area contributed by atoms with E-state index in [0.29, 0.717) is 10.8 Å². The van der Waals surface area contributed by atoms with E-state index in [0.717, 1.165) is 26.2 Å². The molecule has 178 valence electrons. The Bertz CT molecular complexity index is 1350. The Morgan fingerprint density at radius 2 is 1.71 bits per heavy atom. The molecule has 3 N–H and O–H groups in total. The number of carbonyl (C=O) groups excluding carboxylic acids is 2. The topological polar surface area (TPSA) is 108 Å². The van der Waals surface area contributed by atoms with Gasteiger partial charge in [-0.15, -0.1) is 11.8 Å². The largest absolute Gasteiger partial charge is 0.481 e. The monoisotopic (exact) mass is 505 g/mol. The third kappa shape index (κ3) is 6.68. The summed E-state index contributed by atoms with van der Waals surface area (Å²) >= 11 is 2.84. The number of carboxylic acids is 1. The van der Waals surface area contributed by atoms with Crippen LogP contribution in [-0.4, -0.2) is 27.9 Å². The van der Waals surface area contributed by atoms with Crippen molar-refractivity contribution in [2.75, 3.05) is 10.6 Å². The Morgan fingerprint density at radius 1 is 0.971 bits per heavy atom. The first-order chi connectivity index (χ1) is 16.9. The van der Waals surface area contributed by atoms with Crippen molar-refractivity contribution in [3.63, 3.8) is 0 Å². The Morgan fingerprint density at radius 3 is 2.43 bits per heavy atom. The molecule has 0 aliphatic rings. The number of hydrogen-bond donors (Lipinski definition) is 3. The molecule has 0 spiro atoms. The first-order valence-corrected chi connectivity index (χ1v) is 12.6. The first kappa shape index (κ1) is 24.4. The van der Waals surface area contributed by atoms with E-state index in [-0.39, 0.29) is 24.7 Å². The van der Waals surface area contributed by atoms with E-state index < -0.39 is 11.2 Å². The lowest BCUT2D eigenvalue weighted by Gasteiger charge is -2.16. The van der Waals surface area contributed by atoms with Gasteiger partial charge < -0.3 is 15.7 Å². The van der Waals surface area contributed by atoms with Crippen LogP contribution in [0.2, 0.25) is 0 Å². The zero-order valence-electron chi connectivity index (χ0n) is 18.9. The SMILES string of the molecule is Cc1ccc2nc(NC(=O)C(Sc3ccc(NC(=O)CCC(=O)O)cc3)c3ccccc3)sc2c1. The van der Waals surface area contributed by atoms with Crippen LogP contribution in [0.25, 0.3) is 10.2 Å². The van der Waals surface area contributed by atoms with Crippen molar-refractivity contribution in [2.24, 2.45) is 0 Å². The number of carboxylic acid groups (broad SMARTS) is 1. The zero-order chi connectivity index (χ0) is 24.8. The number of hydrogen-bond acceptors (Lipinski definition) is 6. The van der Waals surface area contributed by atoms with Crippen molar-refractivity contribution >= 4 is 61.9 Å². The predicted octanol–water partition coefficient (Wildman–Crippen LogP) is 5.88. The van der Waals surface area contributed by atoms with Gasteiger partial charge in [-0.3, -0.25) is 14.4 Å². The van der Waals surface area contributed by atoms with E-state index >= 15 is 0 Å². The maximum atomic E-state index is 13.3. The standard InChI is InChI=1S/C26H23N3O4S2/c1-16-7-12-20-21(15-16)35-26(28-20)29-25(33)24(17-5-3-2-4-6-17)34-19-10-8-18(9-11-19)27-22(30)13-14-23(31)32/h2-12,15,24H,13-14H2,1H3,(H,27,30)(H,31,32)(H,28,29,33). The minimum Gasteiger partial charge on any atom is -0.481 e. The van der Waals surface area contributed by atoms with Gasteiger partial charge in [0.1, 0.15) is 5.25 Å². The number of rotatable bonds is 9. The Kier molecular flexibility index (Phi) is 7.79. The Labute approximate surface area is 210 Å². The van der Waals surface area contributed by atoms with Gasteiger partial charge >= 0.3 is 5.97 Å². The lowest BCUT2D eigenvalue weighted by atomic mass is 10.1. The molecule has 2 amide bonds.